The van der Waals surface area contributed by atoms with Crippen molar-refractivity contribution >= 4 is 11.9 Å². The zero-order chi connectivity index (χ0) is 16.5. The van der Waals surface area contributed by atoms with E-state index in [-0.39, 0.29) is 18.1 Å². The number of hydrogen-bond acceptors (Lipinski definition) is 5. The molecule has 6 nitrogen and oxygen atoms in total. The Bertz CT molecular complexity index is 513. The van der Waals surface area contributed by atoms with Gasteiger partial charge in [0, 0.05) is 12.6 Å². The summed E-state index contributed by atoms with van der Waals surface area (Å²) in [5.74, 6) is 0.482. The van der Waals surface area contributed by atoms with Crippen LogP contribution >= 0.6 is 0 Å². The van der Waals surface area contributed by atoms with Gasteiger partial charge in [-0.25, -0.2) is 4.79 Å². The molecule has 1 amide bonds. The molecule has 122 valence electrons. The summed E-state index contributed by atoms with van der Waals surface area (Å²) in [6.45, 7) is 4.40. The molecule has 1 N–H and O–H groups in total. The smallest absolute Gasteiger partial charge is 0.342 e. The first-order valence-electron chi connectivity index (χ1n) is 7.13. The summed E-state index contributed by atoms with van der Waals surface area (Å²) in [7, 11) is 2.97. The first-order chi connectivity index (χ1) is 10.5. The van der Waals surface area contributed by atoms with E-state index < -0.39 is 5.97 Å². The molecule has 0 aliphatic carbocycles. The van der Waals surface area contributed by atoms with E-state index in [1.807, 2.05) is 0 Å². The lowest BCUT2D eigenvalue weighted by atomic mass is 10.1. The highest BCUT2D eigenvalue weighted by atomic mass is 16.5. The molecule has 1 aromatic rings. The fraction of sp³-hybridized carbons (Fsp3) is 0.500. The Kier molecular flexibility index (Phi) is 7.22. The third-order valence-corrected chi connectivity index (χ3v) is 3.01. The molecule has 0 saturated heterocycles. The van der Waals surface area contributed by atoms with Crippen LogP contribution in [0.2, 0.25) is 0 Å². The Labute approximate surface area is 130 Å². The van der Waals surface area contributed by atoms with Gasteiger partial charge in [0.25, 0.3) is 5.91 Å². The summed E-state index contributed by atoms with van der Waals surface area (Å²) in [5, 5.41) is 2.70. The number of ether oxygens (including phenoxy) is 3. The molecular formula is C16H23NO5. The minimum absolute atomic E-state index is 0.248. The van der Waals surface area contributed by atoms with Gasteiger partial charge in [0.15, 0.2) is 6.61 Å². The van der Waals surface area contributed by atoms with Gasteiger partial charge in [0.05, 0.1) is 14.2 Å². The van der Waals surface area contributed by atoms with Crippen LogP contribution in [0.5, 0.6) is 11.5 Å². The highest BCUT2D eigenvalue weighted by Crippen LogP contribution is 2.25. The summed E-state index contributed by atoms with van der Waals surface area (Å²) < 4.78 is 15.2. The van der Waals surface area contributed by atoms with Crippen molar-refractivity contribution in [2.45, 2.75) is 20.3 Å². The highest BCUT2D eigenvalue weighted by molar-refractivity contribution is 5.94. The average Bonchev–Trinajstić information content (AvgIpc) is 2.51. The first kappa shape index (κ1) is 17.8. The molecule has 1 rings (SSSR count). The Hall–Kier alpha value is -2.24. The standard InChI is InChI=1S/C16H23NO5/c1-11(2)7-8-17-15(18)10-22-16(19)13-6-5-12(20-3)9-14(13)21-4/h5-6,9,11H,7-8,10H2,1-4H3,(H,17,18). The fourth-order valence-corrected chi connectivity index (χ4v) is 1.73. The molecule has 0 aromatic heterocycles. The summed E-state index contributed by atoms with van der Waals surface area (Å²) in [6.07, 6.45) is 0.881. The highest BCUT2D eigenvalue weighted by Gasteiger charge is 2.16. The van der Waals surface area contributed by atoms with Crippen LogP contribution in [0.15, 0.2) is 18.2 Å². The topological polar surface area (TPSA) is 73.9 Å². The maximum Gasteiger partial charge on any atom is 0.342 e. The maximum atomic E-state index is 12.0. The Morgan fingerprint density at radius 3 is 2.50 bits per heavy atom. The van der Waals surface area contributed by atoms with Gasteiger partial charge in [0.1, 0.15) is 17.1 Å². The van der Waals surface area contributed by atoms with Crippen LogP contribution < -0.4 is 14.8 Å². The second kappa shape index (κ2) is 8.92. The second-order valence-electron chi connectivity index (χ2n) is 5.17. The van der Waals surface area contributed by atoms with Crippen LogP contribution in [-0.2, 0) is 9.53 Å². The molecule has 0 aliphatic heterocycles. The van der Waals surface area contributed by atoms with E-state index >= 15 is 0 Å². The van der Waals surface area contributed by atoms with Crippen LogP contribution in [0.25, 0.3) is 0 Å². The summed E-state index contributed by atoms with van der Waals surface area (Å²) in [5.41, 5.74) is 0.248. The molecule has 0 saturated carbocycles. The van der Waals surface area contributed by atoms with Gasteiger partial charge in [-0.05, 0) is 24.5 Å². The van der Waals surface area contributed by atoms with Crippen molar-refractivity contribution in [3.8, 4) is 11.5 Å². The van der Waals surface area contributed by atoms with E-state index in [0.29, 0.717) is 24.0 Å². The minimum atomic E-state index is -0.612. The van der Waals surface area contributed by atoms with Gasteiger partial charge in [-0.1, -0.05) is 13.8 Å². The molecule has 6 heteroatoms. The summed E-state index contributed by atoms with van der Waals surface area (Å²) in [6, 6.07) is 4.75. The number of amides is 1. The number of rotatable bonds is 8. The monoisotopic (exact) mass is 309 g/mol. The summed E-state index contributed by atoms with van der Waals surface area (Å²) in [4.78, 5) is 23.6. The van der Waals surface area contributed by atoms with Crippen LogP contribution in [0.1, 0.15) is 30.6 Å². The van der Waals surface area contributed by atoms with E-state index in [1.54, 1.807) is 12.1 Å². The third-order valence-electron chi connectivity index (χ3n) is 3.01. The lowest BCUT2D eigenvalue weighted by Crippen LogP contribution is -2.30. The average molecular weight is 309 g/mol. The molecule has 0 fully saturated rings. The molecule has 0 bridgehead atoms. The van der Waals surface area contributed by atoms with Crippen molar-refractivity contribution in [3.05, 3.63) is 23.8 Å². The van der Waals surface area contributed by atoms with Crippen molar-refractivity contribution in [2.75, 3.05) is 27.4 Å². The Morgan fingerprint density at radius 2 is 1.91 bits per heavy atom. The van der Waals surface area contributed by atoms with Gasteiger partial charge in [0.2, 0.25) is 0 Å². The van der Waals surface area contributed by atoms with E-state index in [2.05, 4.69) is 19.2 Å². The van der Waals surface area contributed by atoms with E-state index in [1.165, 1.54) is 20.3 Å². The minimum Gasteiger partial charge on any atom is -0.497 e. The molecule has 0 heterocycles. The van der Waals surface area contributed by atoms with Gasteiger partial charge in [-0.2, -0.15) is 0 Å². The van der Waals surface area contributed by atoms with Gasteiger partial charge in [-0.3, -0.25) is 4.79 Å². The molecule has 0 unspecified atom stereocenters. The largest absolute Gasteiger partial charge is 0.497 e. The number of carbonyl (C=O) groups excluding carboxylic acids is 2. The number of nitrogens with one attached hydrogen (secondary N) is 1. The van der Waals surface area contributed by atoms with Gasteiger partial charge >= 0.3 is 5.97 Å². The lowest BCUT2D eigenvalue weighted by Gasteiger charge is -2.11. The molecule has 0 aliphatic rings. The number of methoxy groups -OCH3 is 2. The Morgan fingerprint density at radius 1 is 1.18 bits per heavy atom. The first-order valence-corrected chi connectivity index (χ1v) is 7.13. The van der Waals surface area contributed by atoms with Crippen LogP contribution in [-0.4, -0.2) is 39.2 Å². The number of benzene rings is 1. The van der Waals surface area contributed by atoms with Crippen molar-refractivity contribution < 1.29 is 23.8 Å². The quantitative estimate of drug-likeness (QED) is 0.744. The van der Waals surface area contributed by atoms with Gasteiger partial charge < -0.3 is 19.5 Å². The Balaban J connectivity index is 2.53. The van der Waals surface area contributed by atoms with Crippen molar-refractivity contribution in [2.24, 2.45) is 5.92 Å². The van der Waals surface area contributed by atoms with Gasteiger partial charge in [-0.15, -0.1) is 0 Å². The molecule has 0 radical (unpaired) electrons. The van der Waals surface area contributed by atoms with E-state index in [9.17, 15) is 9.59 Å². The predicted octanol–water partition coefficient (Wildman–Crippen LogP) is 2.02. The van der Waals surface area contributed by atoms with Crippen LogP contribution in [0.4, 0.5) is 0 Å². The van der Waals surface area contributed by atoms with Crippen LogP contribution in [0.3, 0.4) is 0 Å². The SMILES string of the molecule is COc1ccc(C(=O)OCC(=O)NCCC(C)C)c(OC)c1. The number of hydrogen-bond donors (Lipinski definition) is 1. The second-order valence-corrected chi connectivity index (χ2v) is 5.17. The predicted molar refractivity (Wildman–Crippen MR) is 82.3 cm³/mol. The number of esters is 1. The molecule has 1 aromatic carbocycles. The zero-order valence-electron chi connectivity index (χ0n) is 13.5. The molecule has 0 spiro atoms. The molecule has 22 heavy (non-hydrogen) atoms. The molecule has 0 atom stereocenters. The maximum absolute atomic E-state index is 12.0. The van der Waals surface area contributed by atoms with Crippen molar-refractivity contribution in [3.63, 3.8) is 0 Å². The van der Waals surface area contributed by atoms with Crippen LogP contribution in [0, 0.1) is 5.92 Å². The zero-order valence-corrected chi connectivity index (χ0v) is 13.5. The third kappa shape index (κ3) is 5.63. The van der Waals surface area contributed by atoms with Crippen molar-refractivity contribution in [1.82, 2.24) is 5.32 Å². The van der Waals surface area contributed by atoms with Crippen molar-refractivity contribution in [1.29, 1.82) is 0 Å². The van der Waals surface area contributed by atoms with E-state index in [0.717, 1.165) is 6.42 Å². The lowest BCUT2D eigenvalue weighted by molar-refractivity contribution is -0.124. The molecular weight excluding hydrogens is 286 g/mol. The van der Waals surface area contributed by atoms with E-state index in [4.69, 9.17) is 14.2 Å². The number of carbonyl (C=O) groups is 2. The fourth-order valence-electron chi connectivity index (χ4n) is 1.73. The summed E-state index contributed by atoms with van der Waals surface area (Å²) >= 11 is 0. The normalized spacial score (nSPS) is 10.2.